The van der Waals surface area contributed by atoms with Crippen molar-refractivity contribution in [1.82, 2.24) is 20.1 Å². The number of alkyl halides is 3. The SMILES string of the molecule is Cn1cnnc1[C@H](c1cccc(N2Cc3c(cc([C@H](NC4(C)CCC4)C4CC4)cc3C(F)(F)F)C2=O)c1)C1COC1. The molecule has 0 spiro atoms. The number of carbonyl (C=O) groups excluding carboxylic acids is 1. The van der Waals surface area contributed by atoms with E-state index in [2.05, 4.69) is 22.4 Å². The number of aromatic nitrogens is 3. The first-order valence-corrected chi connectivity index (χ1v) is 14.5. The van der Waals surface area contributed by atoms with Gasteiger partial charge in [0.15, 0.2) is 0 Å². The van der Waals surface area contributed by atoms with Crippen LogP contribution in [-0.2, 0) is 24.5 Å². The van der Waals surface area contributed by atoms with Crippen LogP contribution >= 0.6 is 0 Å². The van der Waals surface area contributed by atoms with Crippen LogP contribution in [0.25, 0.3) is 0 Å². The van der Waals surface area contributed by atoms with Crippen LogP contribution < -0.4 is 10.2 Å². The maximum Gasteiger partial charge on any atom is 0.416 e. The molecule has 1 amide bonds. The second-order valence-electron chi connectivity index (χ2n) is 12.5. The van der Waals surface area contributed by atoms with Crippen molar-refractivity contribution < 1.29 is 22.7 Å². The molecule has 3 heterocycles. The number of nitrogens with one attached hydrogen (secondary N) is 1. The Bertz CT molecular complexity index is 1490. The highest BCUT2D eigenvalue weighted by Crippen LogP contribution is 2.48. The Balaban J connectivity index is 1.25. The Labute approximate surface area is 237 Å². The summed E-state index contributed by atoms with van der Waals surface area (Å²) in [6.07, 6.45) is 2.20. The molecule has 4 aliphatic rings. The van der Waals surface area contributed by atoms with Crippen molar-refractivity contribution in [1.29, 1.82) is 0 Å². The van der Waals surface area contributed by atoms with Crippen molar-refractivity contribution in [2.75, 3.05) is 18.1 Å². The molecule has 10 heteroatoms. The lowest BCUT2D eigenvalue weighted by molar-refractivity contribution is -0.138. The monoisotopic (exact) mass is 565 g/mol. The van der Waals surface area contributed by atoms with Gasteiger partial charge in [0, 0.05) is 35.8 Å². The van der Waals surface area contributed by atoms with E-state index in [1.54, 1.807) is 18.5 Å². The van der Waals surface area contributed by atoms with Gasteiger partial charge in [-0.15, -0.1) is 10.2 Å². The van der Waals surface area contributed by atoms with E-state index in [1.807, 2.05) is 29.8 Å². The standard InChI is InChI=1S/C31H34F3N5O2/c1-30(9-4-10-30)36-27(18-7-8-18)20-12-23-24(25(13-20)31(32,33)34)14-39(29(23)40)22-6-3-5-19(11-22)26(21-15-41-16-21)28-37-35-17-38(28)2/h3,5-6,11-13,17-18,21,26-27,36H,4,7-10,14-16H2,1-2H3/t26-,27-/m1/s1. The van der Waals surface area contributed by atoms with Gasteiger partial charge in [-0.3, -0.25) is 4.79 Å². The number of carbonyl (C=O) groups is 1. The zero-order valence-corrected chi connectivity index (χ0v) is 23.2. The molecule has 216 valence electrons. The summed E-state index contributed by atoms with van der Waals surface area (Å²) >= 11 is 0. The number of aryl methyl sites for hydroxylation is 1. The average Bonchev–Trinajstić information content (AvgIpc) is 3.57. The molecule has 2 aromatic carbocycles. The molecule has 0 radical (unpaired) electrons. The Morgan fingerprint density at radius 2 is 1.88 bits per heavy atom. The maximum absolute atomic E-state index is 14.5. The number of rotatable bonds is 8. The van der Waals surface area contributed by atoms with E-state index < -0.39 is 17.6 Å². The Morgan fingerprint density at radius 3 is 2.46 bits per heavy atom. The zero-order valence-electron chi connectivity index (χ0n) is 23.2. The fourth-order valence-corrected chi connectivity index (χ4v) is 6.74. The van der Waals surface area contributed by atoms with E-state index in [9.17, 15) is 18.0 Å². The zero-order chi connectivity index (χ0) is 28.5. The first-order chi connectivity index (χ1) is 19.6. The van der Waals surface area contributed by atoms with Crippen molar-refractivity contribution >= 4 is 11.6 Å². The molecule has 41 heavy (non-hydrogen) atoms. The highest BCUT2D eigenvalue weighted by molar-refractivity contribution is 6.10. The molecule has 0 unspecified atom stereocenters. The van der Waals surface area contributed by atoms with Crippen molar-refractivity contribution in [3.63, 3.8) is 0 Å². The minimum atomic E-state index is -4.56. The summed E-state index contributed by atoms with van der Waals surface area (Å²) in [6.45, 7) is 3.20. The molecule has 1 aromatic heterocycles. The van der Waals surface area contributed by atoms with Crippen LogP contribution in [0.15, 0.2) is 42.7 Å². The summed E-state index contributed by atoms with van der Waals surface area (Å²) in [7, 11) is 1.89. The molecule has 2 aliphatic heterocycles. The first kappa shape index (κ1) is 26.6. The lowest BCUT2D eigenvalue weighted by Gasteiger charge is -2.43. The summed E-state index contributed by atoms with van der Waals surface area (Å²) in [4.78, 5) is 15.3. The Morgan fingerprint density at radius 1 is 1.10 bits per heavy atom. The fourth-order valence-electron chi connectivity index (χ4n) is 6.74. The lowest BCUT2D eigenvalue weighted by Crippen LogP contribution is -2.50. The smallest absolute Gasteiger partial charge is 0.381 e. The van der Waals surface area contributed by atoms with E-state index in [4.69, 9.17) is 4.74 Å². The predicted molar refractivity (Wildman–Crippen MR) is 146 cm³/mol. The van der Waals surface area contributed by atoms with Crippen LogP contribution in [0, 0.1) is 11.8 Å². The highest BCUT2D eigenvalue weighted by atomic mass is 19.4. The van der Waals surface area contributed by atoms with Gasteiger partial charge in [0.25, 0.3) is 5.91 Å². The van der Waals surface area contributed by atoms with Crippen molar-refractivity contribution in [3.05, 3.63) is 76.4 Å². The quantitative estimate of drug-likeness (QED) is 0.376. The van der Waals surface area contributed by atoms with E-state index in [1.165, 1.54) is 11.0 Å². The van der Waals surface area contributed by atoms with Gasteiger partial charge in [-0.1, -0.05) is 12.1 Å². The number of nitrogens with zero attached hydrogens (tertiary/aromatic N) is 4. The molecule has 7 rings (SSSR count). The molecule has 2 atom stereocenters. The van der Waals surface area contributed by atoms with Gasteiger partial charge >= 0.3 is 6.18 Å². The number of ether oxygens (including phenoxy) is 1. The second kappa shape index (κ2) is 9.66. The van der Waals surface area contributed by atoms with E-state index in [-0.39, 0.29) is 41.1 Å². The van der Waals surface area contributed by atoms with Crippen LogP contribution in [0.1, 0.15) is 89.4 Å². The molecular formula is C31H34F3N5O2. The van der Waals surface area contributed by atoms with Crippen LogP contribution in [0.5, 0.6) is 0 Å². The Hall–Kier alpha value is -3.24. The minimum absolute atomic E-state index is 0.0540. The predicted octanol–water partition coefficient (Wildman–Crippen LogP) is 5.76. The van der Waals surface area contributed by atoms with E-state index in [0.29, 0.717) is 30.4 Å². The van der Waals surface area contributed by atoms with Gasteiger partial charge in [0.2, 0.25) is 0 Å². The number of anilines is 1. The topological polar surface area (TPSA) is 72.3 Å². The van der Waals surface area contributed by atoms with Crippen molar-refractivity contribution in [2.24, 2.45) is 18.9 Å². The summed E-state index contributed by atoms with van der Waals surface area (Å²) in [5, 5.41) is 12.1. The summed E-state index contributed by atoms with van der Waals surface area (Å²) < 4.78 is 50.8. The van der Waals surface area contributed by atoms with Gasteiger partial charge in [0.05, 0.1) is 31.2 Å². The van der Waals surface area contributed by atoms with Gasteiger partial charge in [0.1, 0.15) is 12.2 Å². The average molecular weight is 566 g/mol. The third kappa shape index (κ3) is 4.74. The Kier molecular flexibility index (Phi) is 6.28. The van der Waals surface area contributed by atoms with E-state index in [0.717, 1.165) is 43.5 Å². The molecule has 2 saturated carbocycles. The van der Waals surface area contributed by atoms with Crippen LogP contribution in [0.4, 0.5) is 18.9 Å². The van der Waals surface area contributed by atoms with Gasteiger partial charge in [-0.2, -0.15) is 13.2 Å². The fraction of sp³-hybridized carbons (Fsp3) is 0.516. The molecule has 3 fully saturated rings. The summed E-state index contributed by atoms with van der Waals surface area (Å²) in [6, 6.07) is 10.4. The number of fused-ring (bicyclic) bond motifs is 1. The van der Waals surface area contributed by atoms with Gasteiger partial charge < -0.3 is 19.5 Å². The molecule has 7 nitrogen and oxygen atoms in total. The van der Waals surface area contributed by atoms with Crippen LogP contribution in [0.2, 0.25) is 0 Å². The van der Waals surface area contributed by atoms with Crippen molar-refractivity contribution in [2.45, 2.75) is 69.2 Å². The number of benzene rings is 2. The lowest BCUT2D eigenvalue weighted by atomic mass is 9.77. The summed E-state index contributed by atoms with van der Waals surface area (Å²) in [5.74, 6) is 0.782. The van der Waals surface area contributed by atoms with Crippen LogP contribution in [-0.4, -0.2) is 39.4 Å². The van der Waals surface area contributed by atoms with E-state index >= 15 is 0 Å². The minimum Gasteiger partial charge on any atom is -0.381 e. The number of hydrogen-bond acceptors (Lipinski definition) is 5. The highest BCUT2D eigenvalue weighted by Gasteiger charge is 2.44. The first-order valence-electron chi connectivity index (χ1n) is 14.5. The molecule has 3 aromatic rings. The number of hydrogen-bond donors (Lipinski definition) is 1. The molecule has 1 saturated heterocycles. The van der Waals surface area contributed by atoms with Gasteiger partial charge in [-0.25, -0.2) is 0 Å². The maximum atomic E-state index is 14.5. The molecule has 0 bridgehead atoms. The normalized spacial score (nSPS) is 21.8. The second-order valence-corrected chi connectivity index (χ2v) is 12.5. The van der Waals surface area contributed by atoms with Crippen molar-refractivity contribution in [3.8, 4) is 0 Å². The summed E-state index contributed by atoms with van der Waals surface area (Å²) in [5.41, 5.74) is 1.52. The van der Waals surface area contributed by atoms with Crippen LogP contribution in [0.3, 0.4) is 0 Å². The molecular weight excluding hydrogens is 531 g/mol. The molecule has 2 aliphatic carbocycles. The number of halogens is 3. The third-order valence-corrected chi connectivity index (χ3v) is 9.48. The largest absolute Gasteiger partial charge is 0.416 e. The third-order valence-electron chi connectivity index (χ3n) is 9.48. The number of amides is 1. The van der Waals surface area contributed by atoms with Gasteiger partial charge in [-0.05, 0) is 85.9 Å². The molecule has 1 N–H and O–H groups in total.